The van der Waals surface area contributed by atoms with E-state index in [1.807, 2.05) is 17.4 Å². The number of ether oxygens (including phenoxy) is 1. The number of benzene rings is 1. The predicted molar refractivity (Wildman–Crippen MR) is 94.9 cm³/mol. The first-order valence-electron chi connectivity index (χ1n) is 8.70. The maximum atomic E-state index is 13.6. The summed E-state index contributed by atoms with van der Waals surface area (Å²) in [5.74, 6) is 0.0898. The summed E-state index contributed by atoms with van der Waals surface area (Å²) in [6.07, 6.45) is 2.79. The van der Waals surface area contributed by atoms with E-state index in [4.69, 9.17) is 4.74 Å². The Morgan fingerprint density at radius 3 is 2.33 bits per heavy atom. The van der Waals surface area contributed by atoms with Gasteiger partial charge in [0.1, 0.15) is 6.10 Å². The number of thiophene rings is 1. The van der Waals surface area contributed by atoms with Gasteiger partial charge >= 0.3 is 0 Å². The molecule has 0 spiro atoms. The molecule has 1 aromatic carbocycles. The molecule has 128 valence electrons. The summed E-state index contributed by atoms with van der Waals surface area (Å²) < 4.78 is 19.3. The van der Waals surface area contributed by atoms with E-state index in [2.05, 4.69) is 21.9 Å². The van der Waals surface area contributed by atoms with Gasteiger partial charge in [0.2, 0.25) is 0 Å². The van der Waals surface area contributed by atoms with Gasteiger partial charge in [0, 0.05) is 35.9 Å². The largest absolute Gasteiger partial charge is 0.485 e. The lowest BCUT2D eigenvalue weighted by molar-refractivity contribution is 0.0129. The molecule has 0 radical (unpaired) electrons. The lowest BCUT2D eigenvalue weighted by Gasteiger charge is -2.38. The fourth-order valence-corrected chi connectivity index (χ4v) is 4.52. The molecule has 3 heterocycles. The highest BCUT2D eigenvalue weighted by atomic mass is 32.1. The second-order valence-corrected chi connectivity index (χ2v) is 7.97. The Bertz CT molecular complexity index is 678. The third-order valence-electron chi connectivity index (χ3n) is 4.73. The smallest absolute Gasteiger partial charge is 0.165 e. The number of para-hydroxylation sites is 1. The van der Waals surface area contributed by atoms with E-state index in [1.54, 1.807) is 12.1 Å². The van der Waals surface area contributed by atoms with Crippen LogP contribution in [0.2, 0.25) is 0 Å². The van der Waals surface area contributed by atoms with Gasteiger partial charge in [-0.25, -0.2) is 4.39 Å². The van der Waals surface area contributed by atoms with Crippen LogP contribution in [0, 0.1) is 5.82 Å². The first-order valence-corrected chi connectivity index (χ1v) is 9.51. The molecule has 0 aliphatic carbocycles. The van der Waals surface area contributed by atoms with Crippen molar-refractivity contribution in [2.75, 3.05) is 26.2 Å². The van der Waals surface area contributed by atoms with Crippen LogP contribution in [-0.4, -0.2) is 42.1 Å². The third-order valence-corrected chi connectivity index (χ3v) is 5.78. The van der Waals surface area contributed by atoms with Crippen LogP contribution in [0.15, 0.2) is 36.4 Å². The molecule has 0 saturated carbocycles. The molecule has 2 aromatic rings. The maximum Gasteiger partial charge on any atom is 0.165 e. The van der Waals surface area contributed by atoms with Gasteiger partial charge in [-0.1, -0.05) is 12.1 Å². The summed E-state index contributed by atoms with van der Waals surface area (Å²) in [4.78, 5) is 7.77. The second kappa shape index (κ2) is 7.21. The first kappa shape index (κ1) is 16.1. The lowest BCUT2D eigenvalue weighted by atomic mass is 10.1. The summed E-state index contributed by atoms with van der Waals surface area (Å²) in [5.41, 5.74) is 0. The van der Waals surface area contributed by atoms with Crippen LogP contribution in [-0.2, 0) is 13.1 Å². The minimum absolute atomic E-state index is 0.103. The van der Waals surface area contributed by atoms with E-state index < -0.39 is 0 Å². The van der Waals surface area contributed by atoms with Gasteiger partial charge in [-0.05, 0) is 50.2 Å². The topological polar surface area (TPSA) is 15.7 Å². The van der Waals surface area contributed by atoms with E-state index >= 15 is 0 Å². The van der Waals surface area contributed by atoms with Crippen molar-refractivity contribution in [3.05, 3.63) is 52.0 Å². The zero-order chi connectivity index (χ0) is 16.4. The Balaban J connectivity index is 1.23. The summed E-state index contributed by atoms with van der Waals surface area (Å²) in [7, 11) is 0. The second-order valence-electron chi connectivity index (χ2n) is 6.72. The van der Waals surface area contributed by atoms with Crippen LogP contribution in [0.25, 0.3) is 0 Å². The Morgan fingerprint density at radius 1 is 0.958 bits per heavy atom. The number of likely N-dealkylation sites (tertiary alicyclic amines) is 2. The van der Waals surface area contributed by atoms with Crippen molar-refractivity contribution in [3.63, 3.8) is 0 Å². The fraction of sp³-hybridized carbons (Fsp3) is 0.474. The van der Waals surface area contributed by atoms with Crippen molar-refractivity contribution in [2.45, 2.75) is 32.0 Å². The molecule has 2 saturated heterocycles. The van der Waals surface area contributed by atoms with Crippen LogP contribution in [0.4, 0.5) is 4.39 Å². The Kier molecular flexibility index (Phi) is 4.83. The molecule has 5 heteroatoms. The van der Waals surface area contributed by atoms with Gasteiger partial charge in [0.25, 0.3) is 0 Å². The standard InChI is InChI=1S/C19H23FN2OS/c20-18-5-1-2-6-19(18)23-15-11-22(12-15)14-17-8-7-16(24-17)13-21-9-3-4-10-21/h1-2,5-8,15H,3-4,9-14H2. The molecule has 0 amide bonds. The Labute approximate surface area is 146 Å². The molecule has 1 aromatic heterocycles. The molecule has 2 aliphatic rings. The third kappa shape index (κ3) is 3.79. The number of hydrogen-bond donors (Lipinski definition) is 0. The van der Waals surface area contributed by atoms with E-state index in [0.29, 0.717) is 5.75 Å². The number of nitrogens with zero attached hydrogens (tertiary/aromatic N) is 2. The molecule has 2 aliphatic heterocycles. The van der Waals surface area contributed by atoms with E-state index in [-0.39, 0.29) is 11.9 Å². The first-order chi connectivity index (χ1) is 11.8. The van der Waals surface area contributed by atoms with Gasteiger partial charge in [0.15, 0.2) is 11.6 Å². The molecule has 0 bridgehead atoms. The van der Waals surface area contributed by atoms with E-state index in [9.17, 15) is 4.39 Å². The summed E-state index contributed by atoms with van der Waals surface area (Å²) in [6, 6.07) is 11.2. The van der Waals surface area contributed by atoms with Crippen molar-refractivity contribution in [1.29, 1.82) is 0 Å². The highest BCUT2D eigenvalue weighted by molar-refractivity contribution is 7.11. The Hall–Kier alpha value is -1.43. The van der Waals surface area contributed by atoms with E-state index in [0.717, 1.165) is 26.2 Å². The normalized spacial score (nSPS) is 19.5. The van der Waals surface area contributed by atoms with Gasteiger partial charge in [0.05, 0.1) is 0 Å². The van der Waals surface area contributed by atoms with Crippen LogP contribution >= 0.6 is 11.3 Å². The van der Waals surface area contributed by atoms with Gasteiger partial charge < -0.3 is 4.74 Å². The van der Waals surface area contributed by atoms with Crippen LogP contribution in [0.3, 0.4) is 0 Å². The molecule has 0 atom stereocenters. The summed E-state index contributed by atoms with van der Waals surface area (Å²) in [5, 5.41) is 0. The van der Waals surface area contributed by atoms with Crippen LogP contribution in [0.1, 0.15) is 22.6 Å². The molecule has 0 N–H and O–H groups in total. The summed E-state index contributed by atoms with van der Waals surface area (Å²) >= 11 is 1.92. The molecule has 3 nitrogen and oxygen atoms in total. The van der Waals surface area contributed by atoms with Crippen LogP contribution in [0.5, 0.6) is 5.75 Å². The predicted octanol–water partition coefficient (Wildman–Crippen LogP) is 3.75. The molecular formula is C19H23FN2OS. The summed E-state index contributed by atoms with van der Waals surface area (Å²) in [6.45, 7) is 6.30. The van der Waals surface area contributed by atoms with Crippen molar-refractivity contribution in [2.24, 2.45) is 0 Å². The quantitative estimate of drug-likeness (QED) is 0.792. The lowest BCUT2D eigenvalue weighted by Crippen LogP contribution is -2.53. The molecule has 2 fully saturated rings. The average molecular weight is 346 g/mol. The van der Waals surface area contributed by atoms with Gasteiger partial charge in [-0.15, -0.1) is 11.3 Å². The van der Waals surface area contributed by atoms with Crippen molar-refractivity contribution < 1.29 is 9.13 Å². The highest BCUT2D eigenvalue weighted by Gasteiger charge is 2.29. The minimum atomic E-state index is -0.277. The van der Waals surface area contributed by atoms with Crippen molar-refractivity contribution in [3.8, 4) is 5.75 Å². The molecule has 24 heavy (non-hydrogen) atoms. The van der Waals surface area contributed by atoms with Crippen molar-refractivity contribution >= 4 is 11.3 Å². The number of halogens is 1. The SMILES string of the molecule is Fc1ccccc1OC1CN(Cc2ccc(CN3CCCC3)s2)C1. The highest BCUT2D eigenvalue weighted by Crippen LogP contribution is 2.25. The average Bonchev–Trinajstić information content (AvgIpc) is 3.20. The Morgan fingerprint density at radius 2 is 1.62 bits per heavy atom. The number of hydrogen-bond acceptors (Lipinski definition) is 4. The van der Waals surface area contributed by atoms with E-state index in [1.165, 1.54) is 41.8 Å². The molecular weight excluding hydrogens is 323 g/mol. The molecule has 0 unspecified atom stereocenters. The van der Waals surface area contributed by atoms with Gasteiger partial charge in [-0.2, -0.15) is 0 Å². The zero-order valence-electron chi connectivity index (χ0n) is 13.8. The molecule has 4 rings (SSSR count). The zero-order valence-corrected chi connectivity index (χ0v) is 14.6. The fourth-order valence-electron chi connectivity index (χ4n) is 3.42. The monoisotopic (exact) mass is 346 g/mol. The van der Waals surface area contributed by atoms with Crippen molar-refractivity contribution in [1.82, 2.24) is 9.80 Å². The number of rotatable bonds is 6. The van der Waals surface area contributed by atoms with Crippen LogP contribution < -0.4 is 4.74 Å². The minimum Gasteiger partial charge on any atom is -0.485 e. The maximum absolute atomic E-state index is 13.6. The van der Waals surface area contributed by atoms with Gasteiger partial charge in [-0.3, -0.25) is 9.80 Å².